The maximum Gasteiger partial charge on any atom is 0.471 e. The second-order valence-corrected chi connectivity index (χ2v) is 8.22. The summed E-state index contributed by atoms with van der Waals surface area (Å²) in [5, 5.41) is 3.32. The Kier molecular flexibility index (Phi) is 4.37. The van der Waals surface area contributed by atoms with E-state index >= 15 is 0 Å². The number of hydrogen-bond donors (Lipinski definition) is 1. The molecule has 7 nitrogen and oxygen atoms in total. The Labute approximate surface area is 161 Å². The van der Waals surface area contributed by atoms with Crippen LogP contribution in [0.3, 0.4) is 0 Å². The molecule has 12 heteroatoms. The monoisotopic (exact) mass is 425 g/mol. The number of nitrogens with zero attached hydrogens (tertiary/aromatic N) is 4. The topological polar surface area (TPSA) is 97.1 Å². The molecule has 150 valence electrons. The SMILES string of the molecule is N=S(=O)(Cc1cn2ccc(-c3noc(C(F)(F)F)n3)cc2n1)c1ccc(F)cc1. The van der Waals surface area contributed by atoms with Gasteiger partial charge in [-0.15, -0.1) is 0 Å². The van der Waals surface area contributed by atoms with E-state index in [0.29, 0.717) is 11.3 Å². The quantitative estimate of drug-likeness (QED) is 0.496. The maximum atomic E-state index is 13.0. The molecule has 0 aliphatic carbocycles. The van der Waals surface area contributed by atoms with Crippen molar-refractivity contribution in [1.29, 1.82) is 4.78 Å². The third kappa shape index (κ3) is 3.83. The van der Waals surface area contributed by atoms with Crippen molar-refractivity contribution < 1.29 is 26.3 Å². The van der Waals surface area contributed by atoms with E-state index in [2.05, 4.69) is 19.6 Å². The molecule has 0 amide bonds. The number of imidazole rings is 1. The summed E-state index contributed by atoms with van der Waals surface area (Å²) < 4.78 is 77.5. The molecule has 1 atom stereocenters. The van der Waals surface area contributed by atoms with Crippen molar-refractivity contribution in [2.75, 3.05) is 0 Å². The van der Waals surface area contributed by atoms with Gasteiger partial charge in [-0.25, -0.2) is 18.4 Å². The highest BCUT2D eigenvalue weighted by atomic mass is 32.2. The molecule has 0 radical (unpaired) electrons. The predicted molar refractivity (Wildman–Crippen MR) is 92.7 cm³/mol. The molecule has 4 aromatic rings. The van der Waals surface area contributed by atoms with Gasteiger partial charge in [0, 0.05) is 22.9 Å². The van der Waals surface area contributed by atoms with Gasteiger partial charge in [-0.2, -0.15) is 18.2 Å². The first-order valence-corrected chi connectivity index (χ1v) is 9.75. The number of pyridine rings is 1. The van der Waals surface area contributed by atoms with Crippen LogP contribution in [0, 0.1) is 10.6 Å². The Morgan fingerprint density at radius 2 is 1.86 bits per heavy atom. The summed E-state index contributed by atoms with van der Waals surface area (Å²) in [4.78, 5) is 7.76. The molecular weight excluding hydrogens is 414 g/mol. The van der Waals surface area contributed by atoms with Crippen LogP contribution in [-0.2, 0) is 21.7 Å². The number of rotatable bonds is 4. The van der Waals surface area contributed by atoms with Gasteiger partial charge in [0.15, 0.2) is 0 Å². The Bertz CT molecular complexity index is 1290. The van der Waals surface area contributed by atoms with Crippen LogP contribution >= 0.6 is 0 Å². The first-order valence-electron chi connectivity index (χ1n) is 8.03. The molecule has 0 bridgehead atoms. The lowest BCUT2D eigenvalue weighted by molar-refractivity contribution is -0.159. The van der Waals surface area contributed by atoms with Crippen molar-refractivity contribution in [3.8, 4) is 11.4 Å². The van der Waals surface area contributed by atoms with E-state index in [9.17, 15) is 21.8 Å². The average Bonchev–Trinajstić information content (AvgIpc) is 3.27. The second kappa shape index (κ2) is 6.65. The molecule has 29 heavy (non-hydrogen) atoms. The van der Waals surface area contributed by atoms with Crippen molar-refractivity contribution in [1.82, 2.24) is 19.5 Å². The van der Waals surface area contributed by atoms with Gasteiger partial charge in [-0.3, -0.25) is 0 Å². The molecule has 3 heterocycles. The molecule has 1 unspecified atom stereocenters. The zero-order chi connectivity index (χ0) is 20.8. The number of hydrogen-bond acceptors (Lipinski definition) is 6. The van der Waals surface area contributed by atoms with Gasteiger partial charge in [-0.1, -0.05) is 5.16 Å². The summed E-state index contributed by atoms with van der Waals surface area (Å²) >= 11 is 0. The van der Waals surface area contributed by atoms with Crippen LogP contribution in [0.2, 0.25) is 0 Å². The lowest BCUT2D eigenvalue weighted by Crippen LogP contribution is -2.04. The van der Waals surface area contributed by atoms with E-state index in [1.807, 2.05) is 0 Å². The van der Waals surface area contributed by atoms with E-state index in [-0.39, 0.29) is 22.0 Å². The third-order valence-electron chi connectivity index (χ3n) is 3.98. The molecule has 1 aromatic carbocycles. The molecule has 0 saturated carbocycles. The molecule has 3 aromatic heterocycles. The van der Waals surface area contributed by atoms with E-state index in [0.717, 1.165) is 12.1 Å². The number of halogens is 4. The number of alkyl halides is 3. The van der Waals surface area contributed by atoms with Crippen LogP contribution in [0.25, 0.3) is 17.0 Å². The van der Waals surface area contributed by atoms with Crippen LogP contribution in [-0.4, -0.2) is 23.7 Å². The molecular formula is C17H11F4N5O2S. The normalized spacial score (nSPS) is 14.2. The van der Waals surface area contributed by atoms with E-state index in [1.165, 1.54) is 30.5 Å². The fourth-order valence-corrected chi connectivity index (χ4v) is 3.94. The minimum atomic E-state index is -4.75. The van der Waals surface area contributed by atoms with Crippen molar-refractivity contribution >= 4 is 15.4 Å². The van der Waals surface area contributed by atoms with Gasteiger partial charge in [0.1, 0.15) is 11.5 Å². The Hall–Kier alpha value is -3.28. The van der Waals surface area contributed by atoms with Gasteiger partial charge in [0.05, 0.1) is 21.2 Å². The van der Waals surface area contributed by atoms with Gasteiger partial charge >= 0.3 is 12.1 Å². The number of fused-ring (bicyclic) bond motifs is 1. The largest absolute Gasteiger partial charge is 0.471 e. The van der Waals surface area contributed by atoms with Crippen LogP contribution in [0.15, 0.2) is 58.2 Å². The standard InChI is InChI=1S/C17H11F4N5O2S/c18-11-1-3-13(4-2-11)29(22,27)9-12-8-26-6-5-10(7-14(26)23-12)15-24-16(28-25-15)17(19,20)21/h1-8,22H,9H2. The molecule has 4 rings (SSSR count). The van der Waals surface area contributed by atoms with Crippen molar-refractivity contribution in [3.63, 3.8) is 0 Å². The highest BCUT2D eigenvalue weighted by Crippen LogP contribution is 2.29. The second-order valence-electron chi connectivity index (χ2n) is 6.11. The Morgan fingerprint density at radius 1 is 1.14 bits per heavy atom. The zero-order valence-electron chi connectivity index (χ0n) is 14.4. The maximum absolute atomic E-state index is 13.0. The Morgan fingerprint density at radius 3 is 2.52 bits per heavy atom. The van der Waals surface area contributed by atoms with Crippen LogP contribution in [0.5, 0.6) is 0 Å². The fourth-order valence-electron chi connectivity index (χ4n) is 2.64. The summed E-state index contributed by atoms with van der Waals surface area (Å²) in [6, 6.07) is 7.73. The van der Waals surface area contributed by atoms with Gasteiger partial charge < -0.3 is 8.92 Å². The predicted octanol–water partition coefficient (Wildman–Crippen LogP) is 4.15. The minimum Gasteiger partial charge on any atom is -0.329 e. The van der Waals surface area contributed by atoms with Gasteiger partial charge in [0.2, 0.25) is 5.82 Å². The van der Waals surface area contributed by atoms with Gasteiger partial charge in [0.25, 0.3) is 0 Å². The smallest absolute Gasteiger partial charge is 0.329 e. The summed E-state index contributed by atoms with van der Waals surface area (Å²) in [6.07, 6.45) is -1.67. The van der Waals surface area contributed by atoms with Crippen molar-refractivity contribution in [3.05, 3.63) is 66.2 Å². The number of nitrogens with one attached hydrogen (secondary N) is 1. The number of benzene rings is 1. The van der Waals surface area contributed by atoms with Crippen molar-refractivity contribution in [2.45, 2.75) is 16.8 Å². The lowest BCUT2D eigenvalue weighted by atomic mass is 10.2. The van der Waals surface area contributed by atoms with Crippen LogP contribution in [0.4, 0.5) is 17.6 Å². The highest BCUT2D eigenvalue weighted by molar-refractivity contribution is 7.91. The zero-order valence-corrected chi connectivity index (χ0v) is 15.2. The molecule has 0 spiro atoms. The molecule has 1 N–H and O–H groups in total. The first-order chi connectivity index (χ1) is 13.6. The molecule has 0 fully saturated rings. The van der Waals surface area contributed by atoms with Crippen LogP contribution < -0.4 is 0 Å². The van der Waals surface area contributed by atoms with Gasteiger partial charge in [-0.05, 0) is 36.4 Å². The Balaban J connectivity index is 1.63. The third-order valence-corrected chi connectivity index (χ3v) is 5.72. The van der Waals surface area contributed by atoms with E-state index in [1.54, 1.807) is 10.6 Å². The molecule has 0 saturated heterocycles. The van der Waals surface area contributed by atoms with Crippen molar-refractivity contribution in [2.24, 2.45) is 0 Å². The minimum absolute atomic E-state index is 0.170. The average molecular weight is 425 g/mol. The van der Waals surface area contributed by atoms with Crippen LogP contribution in [0.1, 0.15) is 11.6 Å². The molecule has 0 aliphatic rings. The summed E-state index contributed by atoms with van der Waals surface area (Å²) in [5.74, 6) is -2.42. The number of aromatic nitrogens is 4. The summed E-state index contributed by atoms with van der Waals surface area (Å²) in [5.41, 5.74) is 0.916. The highest BCUT2D eigenvalue weighted by Gasteiger charge is 2.38. The summed E-state index contributed by atoms with van der Waals surface area (Å²) in [7, 11) is -3.26. The summed E-state index contributed by atoms with van der Waals surface area (Å²) in [6.45, 7) is 0. The molecule has 0 aliphatic heterocycles. The van der Waals surface area contributed by atoms with E-state index < -0.39 is 27.6 Å². The van der Waals surface area contributed by atoms with E-state index in [4.69, 9.17) is 4.78 Å². The fraction of sp³-hybridized carbons (Fsp3) is 0.118. The lowest BCUT2D eigenvalue weighted by Gasteiger charge is -2.05. The first kappa shape index (κ1) is 19.1.